The molecule has 3 aromatic rings. The number of halogens is 1. The second-order valence-electron chi connectivity index (χ2n) is 7.69. The molecule has 11 heteroatoms. The summed E-state index contributed by atoms with van der Waals surface area (Å²) in [5.74, 6) is 0.204. The monoisotopic (exact) mass is 439 g/mol. The Morgan fingerprint density at radius 3 is 2.69 bits per heavy atom. The molecule has 156 valence electrons. The Balaban J connectivity index is 1.76. The maximum absolute atomic E-state index is 11.8. The minimum Gasteiger partial charge on any atom is -0.448 e. The third-order valence-corrected chi connectivity index (χ3v) is 5.31. The fraction of sp³-hybridized carbons (Fsp3) is 0.389. The van der Waals surface area contributed by atoms with Crippen LogP contribution in [0, 0.1) is 0 Å². The molecule has 2 heterocycles. The first-order valence-electron chi connectivity index (χ1n) is 8.81. The van der Waals surface area contributed by atoms with Crippen LogP contribution in [0.3, 0.4) is 0 Å². The van der Waals surface area contributed by atoms with Gasteiger partial charge in [0.1, 0.15) is 11.6 Å². The fourth-order valence-corrected chi connectivity index (χ4v) is 3.43. The number of amides is 1. The summed E-state index contributed by atoms with van der Waals surface area (Å²) in [4.78, 5) is 16.3. The van der Waals surface area contributed by atoms with Crippen LogP contribution in [0.25, 0.3) is 17.0 Å². The average Bonchev–Trinajstić information content (AvgIpc) is 3.13. The third-order valence-electron chi connectivity index (χ3n) is 4.05. The molecule has 3 rings (SSSR count). The lowest BCUT2D eigenvalue weighted by Gasteiger charge is -2.16. The van der Waals surface area contributed by atoms with Crippen molar-refractivity contribution in [2.75, 3.05) is 23.9 Å². The van der Waals surface area contributed by atoms with Crippen molar-refractivity contribution in [1.29, 1.82) is 0 Å². The van der Waals surface area contributed by atoms with Gasteiger partial charge in [0.15, 0.2) is 21.3 Å². The number of H-pyrrole nitrogens is 1. The van der Waals surface area contributed by atoms with E-state index in [-0.39, 0.29) is 17.8 Å². The SMILES string of the molecule is CC(C)(C)c1[nH]n2nc(-c3cccc(NC(=O)OCCS(C)(=O)=O)c3)nc2c1Cl. The number of fused-ring (bicyclic) bond motifs is 1. The molecule has 0 bridgehead atoms. The Kier molecular flexibility index (Phi) is 5.59. The molecule has 0 aliphatic carbocycles. The first-order valence-corrected chi connectivity index (χ1v) is 11.2. The summed E-state index contributed by atoms with van der Waals surface area (Å²) in [7, 11) is -3.20. The van der Waals surface area contributed by atoms with E-state index in [1.807, 2.05) is 20.8 Å². The third kappa shape index (κ3) is 5.07. The second kappa shape index (κ2) is 7.68. The topological polar surface area (TPSA) is 118 Å². The molecule has 1 amide bonds. The van der Waals surface area contributed by atoms with Crippen LogP contribution in [-0.2, 0) is 20.0 Å². The lowest BCUT2D eigenvalue weighted by molar-refractivity contribution is 0.168. The van der Waals surface area contributed by atoms with E-state index >= 15 is 0 Å². The zero-order valence-corrected chi connectivity index (χ0v) is 18.1. The number of sulfone groups is 1. The molecule has 1 aromatic carbocycles. The molecule has 2 N–H and O–H groups in total. The number of ether oxygens (including phenoxy) is 1. The number of aromatic nitrogens is 4. The van der Waals surface area contributed by atoms with Crippen molar-refractivity contribution in [1.82, 2.24) is 19.8 Å². The first kappa shape index (κ1) is 21.1. The van der Waals surface area contributed by atoms with Crippen LogP contribution in [0.5, 0.6) is 0 Å². The maximum atomic E-state index is 11.8. The lowest BCUT2D eigenvalue weighted by atomic mass is 9.92. The highest BCUT2D eigenvalue weighted by atomic mass is 35.5. The summed E-state index contributed by atoms with van der Waals surface area (Å²) in [6.07, 6.45) is 0.335. The van der Waals surface area contributed by atoms with Gasteiger partial charge in [0.25, 0.3) is 0 Å². The Bertz CT molecular complexity index is 1160. The van der Waals surface area contributed by atoms with Gasteiger partial charge in [0, 0.05) is 22.9 Å². The number of hydrogen-bond acceptors (Lipinski definition) is 6. The predicted octanol–water partition coefficient (Wildman–Crippen LogP) is 3.27. The van der Waals surface area contributed by atoms with Crippen LogP contribution < -0.4 is 5.32 Å². The normalized spacial score (nSPS) is 12.3. The summed E-state index contributed by atoms with van der Waals surface area (Å²) < 4.78 is 28.6. The minimum absolute atomic E-state index is 0.180. The zero-order chi connectivity index (χ0) is 21.4. The quantitative estimate of drug-likeness (QED) is 0.629. The summed E-state index contributed by atoms with van der Waals surface area (Å²) in [6, 6.07) is 6.89. The van der Waals surface area contributed by atoms with Gasteiger partial charge in [-0.3, -0.25) is 10.4 Å². The van der Waals surface area contributed by atoms with Crippen molar-refractivity contribution < 1.29 is 17.9 Å². The number of hydrogen-bond donors (Lipinski definition) is 2. The Morgan fingerprint density at radius 1 is 1.34 bits per heavy atom. The van der Waals surface area contributed by atoms with E-state index in [0.717, 1.165) is 11.9 Å². The van der Waals surface area contributed by atoms with E-state index < -0.39 is 15.9 Å². The van der Waals surface area contributed by atoms with Gasteiger partial charge in [0.05, 0.1) is 11.4 Å². The summed E-state index contributed by atoms with van der Waals surface area (Å²) >= 11 is 6.45. The van der Waals surface area contributed by atoms with E-state index in [1.165, 1.54) is 4.63 Å². The number of nitrogens with zero attached hydrogens (tertiary/aromatic N) is 3. The van der Waals surface area contributed by atoms with E-state index in [2.05, 4.69) is 20.5 Å². The minimum atomic E-state index is -3.20. The number of benzene rings is 1. The highest BCUT2D eigenvalue weighted by Crippen LogP contribution is 2.32. The highest BCUT2D eigenvalue weighted by molar-refractivity contribution is 7.90. The molecule has 2 aromatic heterocycles. The van der Waals surface area contributed by atoms with Crippen LogP contribution in [0.1, 0.15) is 26.5 Å². The molecule has 0 aliphatic heterocycles. The van der Waals surface area contributed by atoms with Crippen LogP contribution in [0.2, 0.25) is 5.02 Å². The number of nitrogens with one attached hydrogen (secondary N) is 2. The summed E-state index contributed by atoms with van der Waals surface area (Å²) in [6.45, 7) is 5.89. The molecule has 29 heavy (non-hydrogen) atoms. The van der Waals surface area contributed by atoms with Crippen molar-refractivity contribution in [3.63, 3.8) is 0 Å². The van der Waals surface area contributed by atoms with Gasteiger partial charge in [-0.15, -0.1) is 5.10 Å². The molecular weight excluding hydrogens is 418 g/mol. The van der Waals surface area contributed by atoms with E-state index in [4.69, 9.17) is 16.3 Å². The van der Waals surface area contributed by atoms with E-state index in [9.17, 15) is 13.2 Å². The Labute approximate surface area is 173 Å². The molecule has 0 spiro atoms. The molecule has 0 saturated carbocycles. The first-order chi connectivity index (χ1) is 13.4. The summed E-state index contributed by atoms with van der Waals surface area (Å²) in [5, 5.41) is 10.6. The van der Waals surface area contributed by atoms with Crippen LogP contribution >= 0.6 is 11.6 Å². The maximum Gasteiger partial charge on any atom is 0.411 e. The zero-order valence-electron chi connectivity index (χ0n) is 16.5. The van der Waals surface area contributed by atoms with Crippen molar-refractivity contribution in [2.45, 2.75) is 26.2 Å². The van der Waals surface area contributed by atoms with Gasteiger partial charge >= 0.3 is 6.09 Å². The molecule has 0 saturated heterocycles. The second-order valence-corrected chi connectivity index (χ2v) is 10.3. The van der Waals surface area contributed by atoms with Crippen LogP contribution in [-0.4, -0.2) is 52.9 Å². The Hall–Kier alpha value is -2.59. The highest BCUT2D eigenvalue weighted by Gasteiger charge is 2.24. The molecule has 0 radical (unpaired) electrons. The molecular formula is C18H22ClN5O4S. The average molecular weight is 440 g/mol. The van der Waals surface area contributed by atoms with Crippen LogP contribution in [0.15, 0.2) is 24.3 Å². The van der Waals surface area contributed by atoms with Gasteiger partial charge < -0.3 is 4.74 Å². The largest absolute Gasteiger partial charge is 0.448 e. The Morgan fingerprint density at radius 2 is 2.07 bits per heavy atom. The number of carbonyl (C=O) groups excluding carboxylic acids is 1. The van der Waals surface area contributed by atoms with Crippen molar-refractivity contribution in [3.05, 3.63) is 35.0 Å². The smallest absolute Gasteiger partial charge is 0.411 e. The lowest BCUT2D eigenvalue weighted by Crippen LogP contribution is -2.18. The van der Waals surface area contributed by atoms with Gasteiger partial charge in [-0.05, 0) is 12.1 Å². The number of aromatic amines is 1. The molecule has 0 fully saturated rings. The van der Waals surface area contributed by atoms with Gasteiger partial charge in [0.2, 0.25) is 0 Å². The standard InChI is InChI=1S/C18H22ClN5O4S/c1-18(2,3)14-13(19)16-21-15(23-24(16)22-14)11-6-5-7-12(10-11)20-17(25)28-8-9-29(4,26)27/h5-7,10,22H,8-9H2,1-4H3,(H,20,25). The number of anilines is 1. The van der Waals surface area contributed by atoms with Gasteiger partial charge in [-0.25, -0.2) is 18.2 Å². The predicted molar refractivity (Wildman–Crippen MR) is 111 cm³/mol. The summed E-state index contributed by atoms with van der Waals surface area (Å²) in [5.41, 5.74) is 2.32. The van der Waals surface area contributed by atoms with Crippen molar-refractivity contribution in [3.8, 4) is 11.4 Å². The number of rotatable bonds is 5. The van der Waals surface area contributed by atoms with E-state index in [1.54, 1.807) is 24.3 Å². The van der Waals surface area contributed by atoms with Gasteiger partial charge in [-0.2, -0.15) is 4.63 Å². The fourth-order valence-electron chi connectivity index (χ4n) is 2.59. The van der Waals surface area contributed by atoms with Crippen molar-refractivity contribution in [2.24, 2.45) is 0 Å². The van der Waals surface area contributed by atoms with E-state index in [0.29, 0.717) is 27.7 Å². The van der Waals surface area contributed by atoms with Crippen molar-refractivity contribution >= 4 is 38.9 Å². The number of carbonyl (C=O) groups is 1. The van der Waals surface area contributed by atoms with Gasteiger partial charge in [-0.1, -0.05) is 44.5 Å². The molecule has 9 nitrogen and oxygen atoms in total. The molecule has 0 unspecified atom stereocenters. The van der Waals surface area contributed by atoms with Crippen LogP contribution in [0.4, 0.5) is 10.5 Å². The molecule has 0 atom stereocenters. The molecule has 0 aliphatic rings.